The molecule has 3 aromatic rings. The number of thioether (sulfide) groups is 1. The molecule has 0 fully saturated rings. The molecular weight excluding hydrogens is 328 g/mol. The summed E-state index contributed by atoms with van der Waals surface area (Å²) in [7, 11) is 0. The number of fused-ring (bicyclic) bond motifs is 1. The Labute approximate surface area is 152 Å². The number of nitrogens with zero attached hydrogens (tertiary/aromatic N) is 1. The van der Waals surface area contributed by atoms with Gasteiger partial charge in [0.15, 0.2) is 0 Å². The van der Waals surface area contributed by atoms with E-state index in [4.69, 9.17) is 0 Å². The van der Waals surface area contributed by atoms with Crippen molar-refractivity contribution < 1.29 is 4.79 Å². The van der Waals surface area contributed by atoms with E-state index in [1.54, 1.807) is 11.8 Å². The Bertz CT molecular complexity index is 892. The molecule has 0 aliphatic rings. The molecule has 0 spiro atoms. The fraction of sp³-hybridized carbons (Fsp3) is 0.238. The van der Waals surface area contributed by atoms with Crippen LogP contribution in [0.3, 0.4) is 0 Å². The molecule has 0 aliphatic carbocycles. The predicted octanol–water partition coefficient (Wildman–Crippen LogP) is 5.23. The maximum absolute atomic E-state index is 12.2. The van der Waals surface area contributed by atoms with Crippen molar-refractivity contribution >= 4 is 34.3 Å². The number of hydrogen-bond donors (Lipinski definition) is 1. The summed E-state index contributed by atoms with van der Waals surface area (Å²) in [5.74, 6) is 0.760. The van der Waals surface area contributed by atoms with Gasteiger partial charge in [0.05, 0.1) is 10.5 Å². The fourth-order valence-corrected chi connectivity index (χ4v) is 3.72. The number of amides is 1. The van der Waals surface area contributed by atoms with Crippen LogP contribution in [0.4, 0.5) is 5.69 Å². The van der Waals surface area contributed by atoms with E-state index < -0.39 is 0 Å². The van der Waals surface area contributed by atoms with Crippen LogP contribution in [0.15, 0.2) is 59.6 Å². The number of hydrogen-bond acceptors (Lipinski definition) is 3. The maximum atomic E-state index is 12.2. The summed E-state index contributed by atoms with van der Waals surface area (Å²) >= 11 is 1.63. The average molecular weight is 350 g/mol. The van der Waals surface area contributed by atoms with E-state index in [1.807, 2.05) is 42.5 Å². The zero-order valence-electron chi connectivity index (χ0n) is 14.6. The number of rotatable bonds is 6. The number of nitrogens with one attached hydrogen (secondary N) is 1. The van der Waals surface area contributed by atoms with E-state index in [1.165, 1.54) is 10.9 Å². The highest BCUT2D eigenvalue weighted by Crippen LogP contribution is 2.24. The van der Waals surface area contributed by atoms with Crippen LogP contribution in [0.25, 0.3) is 10.9 Å². The van der Waals surface area contributed by atoms with E-state index in [0.29, 0.717) is 12.2 Å². The van der Waals surface area contributed by atoms with Crippen LogP contribution in [0.5, 0.6) is 0 Å². The second-order valence-electron chi connectivity index (χ2n) is 5.95. The number of pyridine rings is 1. The molecule has 0 atom stereocenters. The van der Waals surface area contributed by atoms with Crippen LogP contribution >= 0.6 is 11.8 Å². The van der Waals surface area contributed by atoms with Gasteiger partial charge in [0.25, 0.3) is 0 Å². The predicted molar refractivity (Wildman–Crippen MR) is 106 cm³/mol. The summed E-state index contributed by atoms with van der Waals surface area (Å²) in [6, 6.07) is 18.2. The van der Waals surface area contributed by atoms with Gasteiger partial charge in [-0.25, -0.2) is 4.98 Å². The highest BCUT2D eigenvalue weighted by molar-refractivity contribution is 7.99. The third-order valence-electron chi connectivity index (χ3n) is 4.15. The fourth-order valence-electron chi connectivity index (χ4n) is 2.80. The summed E-state index contributed by atoms with van der Waals surface area (Å²) in [6.45, 7) is 4.19. The molecule has 3 nitrogen and oxygen atoms in total. The molecule has 0 saturated heterocycles. The first kappa shape index (κ1) is 17.5. The van der Waals surface area contributed by atoms with E-state index >= 15 is 0 Å². The molecule has 1 heterocycles. The summed E-state index contributed by atoms with van der Waals surface area (Å²) in [5.41, 5.74) is 4.30. The van der Waals surface area contributed by atoms with Crippen LogP contribution in [-0.2, 0) is 11.2 Å². The molecule has 3 rings (SSSR count). The lowest BCUT2D eigenvalue weighted by Crippen LogP contribution is -2.13. The van der Waals surface area contributed by atoms with E-state index in [9.17, 15) is 4.79 Å². The Morgan fingerprint density at radius 3 is 2.72 bits per heavy atom. The normalized spacial score (nSPS) is 10.8. The minimum Gasteiger partial charge on any atom is -0.326 e. The topological polar surface area (TPSA) is 42.0 Å². The lowest BCUT2D eigenvalue weighted by atomic mass is 10.1. The molecule has 0 unspecified atom stereocenters. The number of benzene rings is 2. The molecule has 0 radical (unpaired) electrons. The minimum absolute atomic E-state index is 0.0471. The molecule has 4 heteroatoms. The first-order chi connectivity index (χ1) is 12.2. The molecule has 128 valence electrons. The lowest BCUT2D eigenvalue weighted by molar-refractivity contribution is -0.115. The van der Waals surface area contributed by atoms with Crippen LogP contribution in [-0.4, -0.2) is 16.6 Å². The Balaban J connectivity index is 1.58. The van der Waals surface area contributed by atoms with Gasteiger partial charge in [-0.3, -0.25) is 4.79 Å². The van der Waals surface area contributed by atoms with Crippen molar-refractivity contribution in [1.82, 2.24) is 4.98 Å². The molecule has 0 aliphatic heterocycles. The van der Waals surface area contributed by atoms with Crippen LogP contribution < -0.4 is 5.32 Å². The SMILES string of the molecule is CCc1ccccc1NC(=O)CCSc1cc(C)c2ccccc2n1. The van der Waals surface area contributed by atoms with Gasteiger partial charge in [0.1, 0.15) is 0 Å². The van der Waals surface area contributed by atoms with Crippen LogP contribution in [0, 0.1) is 6.92 Å². The number of aryl methyl sites for hydroxylation is 2. The van der Waals surface area contributed by atoms with Crippen molar-refractivity contribution in [1.29, 1.82) is 0 Å². The Kier molecular flexibility index (Phi) is 5.71. The summed E-state index contributed by atoms with van der Waals surface area (Å²) in [4.78, 5) is 16.9. The Morgan fingerprint density at radius 1 is 1.12 bits per heavy atom. The van der Waals surface area contributed by atoms with Crippen LogP contribution in [0.1, 0.15) is 24.5 Å². The monoisotopic (exact) mass is 350 g/mol. The van der Waals surface area contributed by atoms with Crippen molar-refractivity contribution in [2.75, 3.05) is 11.1 Å². The van der Waals surface area contributed by atoms with Gasteiger partial charge in [-0.15, -0.1) is 11.8 Å². The second-order valence-corrected chi connectivity index (χ2v) is 7.07. The lowest BCUT2D eigenvalue weighted by Gasteiger charge is -2.10. The quantitative estimate of drug-likeness (QED) is 0.619. The van der Waals surface area contributed by atoms with Gasteiger partial charge < -0.3 is 5.32 Å². The summed E-state index contributed by atoms with van der Waals surface area (Å²) < 4.78 is 0. The van der Waals surface area contributed by atoms with E-state index in [2.05, 4.69) is 36.3 Å². The molecular formula is C21H22N2OS. The number of anilines is 1. The number of para-hydroxylation sites is 2. The largest absolute Gasteiger partial charge is 0.326 e. The second kappa shape index (κ2) is 8.17. The van der Waals surface area contributed by atoms with Crippen molar-refractivity contribution in [3.8, 4) is 0 Å². The van der Waals surface area contributed by atoms with Gasteiger partial charge >= 0.3 is 0 Å². The molecule has 1 N–H and O–H groups in total. The minimum atomic E-state index is 0.0471. The van der Waals surface area contributed by atoms with Crippen molar-refractivity contribution in [3.63, 3.8) is 0 Å². The smallest absolute Gasteiger partial charge is 0.225 e. The van der Waals surface area contributed by atoms with Gasteiger partial charge in [0, 0.05) is 23.2 Å². The number of aromatic nitrogens is 1. The summed E-state index contributed by atoms with van der Waals surface area (Å²) in [5, 5.41) is 5.17. The highest BCUT2D eigenvalue weighted by atomic mass is 32.2. The highest BCUT2D eigenvalue weighted by Gasteiger charge is 2.07. The maximum Gasteiger partial charge on any atom is 0.225 e. The van der Waals surface area contributed by atoms with Gasteiger partial charge in [-0.2, -0.15) is 0 Å². The summed E-state index contributed by atoms with van der Waals surface area (Å²) in [6.07, 6.45) is 1.38. The molecule has 1 aromatic heterocycles. The van der Waals surface area contributed by atoms with Gasteiger partial charge in [-0.1, -0.05) is 43.3 Å². The number of carbonyl (C=O) groups excluding carboxylic acids is 1. The standard InChI is InChI=1S/C21H22N2OS/c1-3-16-8-4-6-10-18(16)22-20(24)12-13-25-21-14-15(2)17-9-5-7-11-19(17)23-21/h4-11,14H,3,12-13H2,1-2H3,(H,22,24). The Hall–Kier alpha value is -2.33. The third-order valence-corrected chi connectivity index (χ3v) is 5.06. The Morgan fingerprint density at radius 2 is 1.88 bits per heavy atom. The number of carbonyl (C=O) groups is 1. The van der Waals surface area contributed by atoms with Crippen molar-refractivity contribution in [3.05, 3.63) is 65.7 Å². The molecule has 1 amide bonds. The first-order valence-corrected chi connectivity index (χ1v) is 9.53. The average Bonchev–Trinajstić information content (AvgIpc) is 2.62. The molecule has 25 heavy (non-hydrogen) atoms. The first-order valence-electron chi connectivity index (χ1n) is 8.54. The van der Waals surface area contributed by atoms with Crippen molar-refractivity contribution in [2.24, 2.45) is 0 Å². The van der Waals surface area contributed by atoms with E-state index in [-0.39, 0.29) is 5.91 Å². The van der Waals surface area contributed by atoms with Crippen molar-refractivity contribution in [2.45, 2.75) is 31.7 Å². The zero-order valence-corrected chi connectivity index (χ0v) is 15.4. The van der Waals surface area contributed by atoms with E-state index in [0.717, 1.165) is 28.2 Å². The molecule has 0 bridgehead atoms. The van der Waals surface area contributed by atoms with Gasteiger partial charge in [-0.05, 0) is 42.7 Å². The molecule has 0 saturated carbocycles. The molecule has 2 aromatic carbocycles. The van der Waals surface area contributed by atoms with Gasteiger partial charge in [0.2, 0.25) is 5.91 Å². The third kappa shape index (κ3) is 4.40. The van der Waals surface area contributed by atoms with Crippen LogP contribution in [0.2, 0.25) is 0 Å². The zero-order chi connectivity index (χ0) is 17.6.